The van der Waals surface area contributed by atoms with Gasteiger partial charge in [-0.2, -0.15) is 5.10 Å². The lowest BCUT2D eigenvalue weighted by Gasteiger charge is -2.21. The molecule has 0 saturated carbocycles. The van der Waals surface area contributed by atoms with Gasteiger partial charge < -0.3 is 14.8 Å². The molecule has 0 spiro atoms. The number of nitrogens with zero attached hydrogens (tertiary/aromatic N) is 5. The first-order valence-corrected chi connectivity index (χ1v) is 11.5. The number of halogens is 1. The van der Waals surface area contributed by atoms with Crippen LogP contribution in [-0.4, -0.2) is 46.0 Å². The van der Waals surface area contributed by atoms with Gasteiger partial charge in [-0.1, -0.05) is 19.1 Å². The molecule has 6 nitrogen and oxygen atoms in total. The lowest BCUT2D eigenvalue weighted by Crippen LogP contribution is -2.25. The molecule has 7 heteroatoms. The summed E-state index contributed by atoms with van der Waals surface area (Å²) in [6.45, 7) is 6.26. The van der Waals surface area contributed by atoms with Crippen LogP contribution in [0.5, 0.6) is 0 Å². The number of anilines is 1. The molecule has 2 aliphatic heterocycles. The molecule has 0 radical (unpaired) electrons. The molecule has 2 atom stereocenters. The van der Waals surface area contributed by atoms with Gasteiger partial charge in [-0.05, 0) is 73.0 Å². The average Bonchev–Trinajstić information content (AvgIpc) is 3.52. The van der Waals surface area contributed by atoms with E-state index in [1.165, 1.54) is 23.4 Å². The monoisotopic (exact) mass is 442 g/mol. The van der Waals surface area contributed by atoms with Crippen LogP contribution in [0.15, 0.2) is 61.1 Å². The molecular formula is C26H27FN6. The quantitative estimate of drug-likeness (QED) is 0.453. The van der Waals surface area contributed by atoms with Crippen molar-refractivity contribution in [2.24, 2.45) is 11.8 Å². The van der Waals surface area contributed by atoms with Crippen molar-refractivity contribution in [3.63, 3.8) is 0 Å². The molecular weight excluding hydrogens is 415 g/mol. The highest BCUT2D eigenvalue weighted by Crippen LogP contribution is 2.36. The summed E-state index contributed by atoms with van der Waals surface area (Å²) < 4.78 is 17.6. The van der Waals surface area contributed by atoms with Crippen molar-refractivity contribution >= 4 is 5.69 Å². The van der Waals surface area contributed by atoms with Crippen molar-refractivity contribution in [1.82, 2.24) is 24.6 Å². The largest absolute Gasteiger partial charge is 0.371 e. The summed E-state index contributed by atoms with van der Waals surface area (Å²) >= 11 is 0. The predicted molar refractivity (Wildman–Crippen MR) is 128 cm³/mol. The zero-order chi connectivity index (χ0) is 22.5. The normalized spacial score (nSPS) is 19.2. The Morgan fingerprint density at radius 2 is 1.91 bits per heavy atom. The highest BCUT2D eigenvalue weighted by molar-refractivity contribution is 5.71. The minimum absolute atomic E-state index is 0.228. The third-order valence-electron chi connectivity index (χ3n) is 7.08. The van der Waals surface area contributed by atoms with Gasteiger partial charge in [-0.25, -0.2) is 14.1 Å². The van der Waals surface area contributed by atoms with E-state index < -0.39 is 0 Å². The molecule has 2 aromatic carbocycles. The van der Waals surface area contributed by atoms with E-state index in [0.717, 1.165) is 54.5 Å². The summed E-state index contributed by atoms with van der Waals surface area (Å²) in [6.07, 6.45) is 3.74. The molecule has 2 aromatic heterocycles. The summed E-state index contributed by atoms with van der Waals surface area (Å²) in [5.74, 6) is 1.91. The minimum Gasteiger partial charge on any atom is -0.371 e. The van der Waals surface area contributed by atoms with E-state index in [4.69, 9.17) is 0 Å². The number of rotatable bonds is 4. The van der Waals surface area contributed by atoms with Gasteiger partial charge in [0.2, 0.25) is 0 Å². The summed E-state index contributed by atoms with van der Waals surface area (Å²) in [5.41, 5.74) is 6.58. The molecule has 4 heterocycles. The molecule has 0 unspecified atom stereocenters. The maximum atomic E-state index is 13.4. The van der Waals surface area contributed by atoms with Crippen LogP contribution in [-0.2, 0) is 6.54 Å². The summed E-state index contributed by atoms with van der Waals surface area (Å²) in [4.78, 5) is 7.07. The van der Waals surface area contributed by atoms with Crippen LogP contribution in [0.2, 0.25) is 0 Å². The average molecular weight is 443 g/mol. The van der Waals surface area contributed by atoms with E-state index in [1.54, 1.807) is 6.33 Å². The van der Waals surface area contributed by atoms with Gasteiger partial charge in [0.05, 0.1) is 11.4 Å². The first kappa shape index (κ1) is 20.2. The van der Waals surface area contributed by atoms with Crippen LogP contribution in [0, 0.1) is 17.7 Å². The van der Waals surface area contributed by atoms with E-state index >= 15 is 0 Å². The van der Waals surface area contributed by atoms with Gasteiger partial charge in [-0.3, -0.25) is 0 Å². The zero-order valence-corrected chi connectivity index (χ0v) is 18.9. The first-order valence-electron chi connectivity index (χ1n) is 11.5. The van der Waals surface area contributed by atoms with E-state index in [2.05, 4.69) is 62.3 Å². The molecule has 33 heavy (non-hydrogen) atoms. The Morgan fingerprint density at radius 1 is 1.06 bits per heavy atom. The van der Waals surface area contributed by atoms with Crippen molar-refractivity contribution in [2.45, 2.75) is 13.5 Å². The van der Waals surface area contributed by atoms with E-state index in [1.807, 2.05) is 23.9 Å². The standard InChI is InChI=1S/C26H27FN6/c1-17-12-31(15-21(17)11-28-2)23-7-8-24-20(9-23)14-32-13-19(18-3-5-22(27)6-4-18)10-25(32)26-29-16-30-33(24)26/h3-10,13,16-17,21,28H,11-12,14-15H2,1-2H3/t17-,21+/m1/s1. The van der Waals surface area contributed by atoms with Gasteiger partial charge >= 0.3 is 0 Å². The van der Waals surface area contributed by atoms with Crippen molar-refractivity contribution in [3.8, 4) is 28.3 Å². The number of hydrogen-bond donors (Lipinski definition) is 1. The number of aromatic nitrogens is 4. The Morgan fingerprint density at radius 3 is 2.73 bits per heavy atom. The third kappa shape index (κ3) is 3.43. The smallest absolute Gasteiger partial charge is 0.179 e. The first-order chi connectivity index (χ1) is 16.1. The number of fused-ring (bicyclic) bond motifs is 5. The van der Waals surface area contributed by atoms with Crippen LogP contribution >= 0.6 is 0 Å². The van der Waals surface area contributed by atoms with Crippen LogP contribution < -0.4 is 10.2 Å². The van der Waals surface area contributed by atoms with Crippen molar-refractivity contribution in [2.75, 3.05) is 31.6 Å². The van der Waals surface area contributed by atoms with Gasteiger partial charge in [0.15, 0.2) is 5.82 Å². The third-order valence-corrected chi connectivity index (χ3v) is 7.08. The number of benzene rings is 2. The second-order valence-corrected chi connectivity index (χ2v) is 9.26. The van der Waals surface area contributed by atoms with Gasteiger partial charge in [0, 0.05) is 37.1 Å². The fourth-order valence-corrected chi connectivity index (χ4v) is 5.28. The molecule has 1 saturated heterocycles. The SMILES string of the molecule is CNC[C@H]1CN(c2ccc3c(c2)Cn2cc(-c4ccc(F)cc4)cc2-c2ncnn2-3)C[C@H]1C. The van der Waals surface area contributed by atoms with Crippen LogP contribution in [0.4, 0.5) is 10.1 Å². The Bertz CT molecular complexity index is 1300. The van der Waals surface area contributed by atoms with Gasteiger partial charge in [0.25, 0.3) is 0 Å². The Balaban J connectivity index is 1.39. The van der Waals surface area contributed by atoms with Crippen LogP contribution in [0.3, 0.4) is 0 Å². The molecule has 0 bridgehead atoms. The van der Waals surface area contributed by atoms with Gasteiger partial charge in [-0.15, -0.1) is 0 Å². The van der Waals surface area contributed by atoms with E-state index in [-0.39, 0.29) is 5.82 Å². The molecule has 0 aliphatic carbocycles. The summed E-state index contributed by atoms with van der Waals surface area (Å²) in [7, 11) is 2.03. The summed E-state index contributed by atoms with van der Waals surface area (Å²) in [6, 6.07) is 15.4. The Labute approximate surface area is 192 Å². The fraction of sp³-hybridized carbons (Fsp3) is 0.308. The van der Waals surface area contributed by atoms with E-state index in [0.29, 0.717) is 11.8 Å². The number of hydrogen-bond acceptors (Lipinski definition) is 4. The highest BCUT2D eigenvalue weighted by atomic mass is 19.1. The van der Waals surface area contributed by atoms with Crippen LogP contribution in [0.25, 0.3) is 28.3 Å². The topological polar surface area (TPSA) is 50.9 Å². The lowest BCUT2D eigenvalue weighted by atomic mass is 9.98. The van der Waals surface area contributed by atoms with E-state index in [9.17, 15) is 4.39 Å². The molecule has 1 N–H and O–H groups in total. The Kier molecular flexibility index (Phi) is 4.80. The molecule has 1 fully saturated rings. The Hall–Kier alpha value is -3.45. The maximum absolute atomic E-state index is 13.4. The predicted octanol–water partition coefficient (Wildman–Crippen LogP) is 4.20. The molecule has 6 rings (SSSR count). The molecule has 4 aromatic rings. The molecule has 0 amide bonds. The van der Waals surface area contributed by atoms with Crippen molar-refractivity contribution < 1.29 is 4.39 Å². The van der Waals surface area contributed by atoms with Crippen LogP contribution in [0.1, 0.15) is 12.5 Å². The molecule has 168 valence electrons. The zero-order valence-electron chi connectivity index (χ0n) is 18.9. The van der Waals surface area contributed by atoms with Crippen molar-refractivity contribution in [3.05, 3.63) is 72.4 Å². The van der Waals surface area contributed by atoms with Crippen molar-refractivity contribution in [1.29, 1.82) is 0 Å². The second kappa shape index (κ2) is 7.85. The lowest BCUT2D eigenvalue weighted by molar-refractivity contribution is 0.435. The summed E-state index contributed by atoms with van der Waals surface area (Å²) in [5, 5.41) is 7.89. The maximum Gasteiger partial charge on any atom is 0.179 e. The molecule has 2 aliphatic rings. The number of nitrogens with one attached hydrogen (secondary N) is 1. The highest BCUT2D eigenvalue weighted by Gasteiger charge is 2.30. The van der Waals surface area contributed by atoms with Gasteiger partial charge in [0.1, 0.15) is 12.1 Å². The second-order valence-electron chi connectivity index (χ2n) is 9.26. The fourth-order valence-electron chi connectivity index (χ4n) is 5.28. The minimum atomic E-state index is -0.228.